The number of thiazole rings is 1. The number of nitrogens with zero attached hydrogens (tertiary/aromatic N) is 1. The van der Waals surface area contributed by atoms with Crippen LogP contribution in [0.5, 0.6) is 5.75 Å². The van der Waals surface area contributed by atoms with E-state index in [1.165, 1.54) is 0 Å². The minimum absolute atomic E-state index is 0.0364. The lowest BCUT2D eigenvalue weighted by atomic mass is 10.2. The molecule has 0 aliphatic rings. The molecule has 0 saturated carbocycles. The molecule has 3 nitrogen and oxygen atoms in total. The Hall–Kier alpha value is -0.970. The first kappa shape index (κ1) is 14.4. The van der Waals surface area contributed by atoms with Crippen LogP contribution in [-0.2, 0) is 6.54 Å². The molecule has 0 spiro atoms. The van der Waals surface area contributed by atoms with E-state index in [0.29, 0.717) is 22.3 Å². The van der Waals surface area contributed by atoms with Crippen LogP contribution in [0.4, 0.5) is 5.13 Å². The van der Waals surface area contributed by atoms with E-state index >= 15 is 0 Å². The fraction of sp³-hybridized carbons (Fsp3) is 0.308. The Kier molecular flexibility index (Phi) is 4.91. The Morgan fingerprint density at radius 1 is 1.32 bits per heavy atom. The molecule has 6 heteroatoms. The van der Waals surface area contributed by atoms with E-state index in [-0.39, 0.29) is 6.10 Å². The van der Waals surface area contributed by atoms with Gasteiger partial charge in [0.15, 0.2) is 10.9 Å². The summed E-state index contributed by atoms with van der Waals surface area (Å²) in [5.41, 5.74) is 0.987. The third kappa shape index (κ3) is 4.00. The first-order chi connectivity index (χ1) is 9.06. The number of halogens is 2. The molecule has 19 heavy (non-hydrogen) atoms. The highest BCUT2D eigenvalue weighted by molar-refractivity contribution is 7.13. The molecule has 0 saturated heterocycles. The topological polar surface area (TPSA) is 34.1 Å². The summed E-state index contributed by atoms with van der Waals surface area (Å²) >= 11 is 13.9. The summed E-state index contributed by atoms with van der Waals surface area (Å²) in [6.07, 6.45) is 1.79. The Labute approximate surface area is 126 Å². The molecule has 2 aromatic rings. The fourth-order valence-electron chi connectivity index (χ4n) is 1.55. The lowest BCUT2D eigenvalue weighted by Crippen LogP contribution is -2.07. The zero-order valence-electron chi connectivity index (χ0n) is 10.6. The van der Waals surface area contributed by atoms with Gasteiger partial charge in [0.2, 0.25) is 0 Å². The van der Waals surface area contributed by atoms with Gasteiger partial charge in [-0.3, -0.25) is 0 Å². The van der Waals surface area contributed by atoms with Crippen LogP contribution in [-0.4, -0.2) is 11.1 Å². The highest BCUT2D eigenvalue weighted by Gasteiger charge is 2.11. The summed E-state index contributed by atoms with van der Waals surface area (Å²) in [5.74, 6) is 0.538. The van der Waals surface area contributed by atoms with Crippen molar-refractivity contribution in [3.63, 3.8) is 0 Å². The van der Waals surface area contributed by atoms with Crippen molar-refractivity contribution in [1.82, 2.24) is 4.98 Å². The average Bonchev–Trinajstić information content (AvgIpc) is 2.84. The van der Waals surface area contributed by atoms with Crippen LogP contribution >= 0.6 is 34.5 Å². The van der Waals surface area contributed by atoms with Crippen LogP contribution in [0.1, 0.15) is 19.4 Å². The van der Waals surface area contributed by atoms with E-state index < -0.39 is 0 Å². The number of benzene rings is 1. The van der Waals surface area contributed by atoms with Crippen molar-refractivity contribution in [1.29, 1.82) is 0 Å². The highest BCUT2D eigenvalue weighted by Crippen LogP contribution is 2.35. The minimum Gasteiger partial charge on any atom is -0.488 e. The second-order valence-corrected chi connectivity index (χ2v) is 5.95. The Morgan fingerprint density at radius 2 is 2.00 bits per heavy atom. The third-order valence-corrected chi connectivity index (χ3v) is 3.58. The van der Waals surface area contributed by atoms with E-state index in [0.717, 1.165) is 10.7 Å². The smallest absolute Gasteiger partial charge is 0.182 e. The van der Waals surface area contributed by atoms with Gasteiger partial charge in [-0.05, 0) is 31.5 Å². The maximum absolute atomic E-state index is 6.19. The molecule has 102 valence electrons. The summed E-state index contributed by atoms with van der Waals surface area (Å²) in [4.78, 5) is 4.15. The molecule has 0 bridgehead atoms. The van der Waals surface area contributed by atoms with Crippen molar-refractivity contribution in [3.05, 3.63) is 39.3 Å². The minimum atomic E-state index is 0.0364. The molecular weight excluding hydrogens is 303 g/mol. The van der Waals surface area contributed by atoms with Gasteiger partial charge in [-0.25, -0.2) is 4.98 Å². The highest BCUT2D eigenvalue weighted by atomic mass is 35.5. The van der Waals surface area contributed by atoms with E-state index in [2.05, 4.69) is 10.3 Å². The van der Waals surface area contributed by atoms with Crippen molar-refractivity contribution in [3.8, 4) is 5.75 Å². The Balaban J connectivity index is 2.10. The SMILES string of the molecule is CC(C)Oc1c(Cl)cc(CNc2nccs2)cc1Cl. The van der Waals surface area contributed by atoms with Gasteiger partial charge >= 0.3 is 0 Å². The molecule has 0 aliphatic heterocycles. The van der Waals surface area contributed by atoms with Crippen LogP contribution in [0, 0.1) is 0 Å². The molecule has 1 heterocycles. The Bertz CT molecular complexity index is 521. The summed E-state index contributed by atoms with van der Waals surface area (Å²) in [7, 11) is 0. The molecular formula is C13H14Cl2N2OS. The molecule has 1 aromatic carbocycles. The van der Waals surface area contributed by atoms with Crippen LogP contribution in [0.3, 0.4) is 0 Å². The van der Waals surface area contributed by atoms with Gasteiger partial charge in [0.1, 0.15) is 0 Å². The maximum atomic E-state index is 6.19. The van der Waals surface area contributed by atoms with Gasteiger partial charge in [0.25, 0.3) is 0 Å². The zero-order valence-corrected chi connectivity index (χ0v) is 12.9. The molecule has 2 rings (SSSR count). The number of rotatable bonds is 5. The molecule has 0 radical (unpaired) electrons. The van der Waals surface area contributed by atoms with E-state index in [9.17, 15) is 0 Å². The van der Waals surface area contributed by atoms with E-state index in [1.54, 1.807) is 17.5 Å². The average molecular weight is 317 g/mol. The van der Waals surface area contributed by atoms with Gasteiger partial charge in [-0.2, -0.15) is 0 Å². The van der Waals surface area contributed by atoms with Crippen molar-refractivity contribution < 1.29 is 4.74 Å². The van der Waals surface area contributed by atoms with Crippen molar-refractivity contribution >= 4 is 39.7 Å². The monoisotopic (exact) mass is 316 g/mol. The lowest BCUT2D eigenvalue weighted by Gasteiger charge is -2.14. The normalized spacial score (nSPS) is 10.8. The summed E-state index contributed by atoms with van der Waals surface area (Å²) < 4.78 is 5.59. The second-order valence-electron chi connectivity index (χ2n) is 4.25. The summed E-state index contributed by atoms with van der Waals surface area (Å²) in [5, 5.41) is 7.04. The van der Waals surface area contributed by atoms with Gasteiger partial charge < -0.3 is 10.1 Å². The van der Waals surface area contributed by atoms with E-state index in [4.69, 9.17) is 27.9 Å². The number of anilines is 1. The Morgan fingerprint density at radius 3 is 2.53 bits per heavy atom. The number of hydrogen-bond donors (Lipinski definition) is 1. The first-order valence-corrected chi connectivity index (χ1v) is 7.47. The fourth-order valence-corrected chi connectivity index (χ4v) is 2.70. The molecule has 0 aliphatic carbocycles. The van der Waals surface area contributed by atoms with E-state index in [1.807, 2.05) is 31.4 Å². The predicted molar refractivity (Wildman–Crippen MR) is 81.7 cm³/mol. The van der Waals surface area contributed by atoms with Crippen molar-refractivity contribution in [2.75, 3.05) is 5.32 Å². The van der Waals surface area contributed by atoms with Crippen molar-refractivity contribution in [2.24, 2.45) is 0 Å². The van der Waals surface area contributed by atoms with Gasteiger partial charge in [-0.15, -0.1) is 11.3 Å². The number of ether oxygens (including phenoxy) is 1. The lowest BCUT2D eigenvalue weighted by molar-refractivity contribution is 0.242. The number of nitrogens with one attached hydrogen (secondary N) is 1. The number of aromatic nitrogens is 1. The van der Waals surface area contributed by atoms with Gasteiger partial charge in [0, 0.05) is 18.1 Å². The first-order valence-electron chi connectivity index (χ1n) is 5.84. The molecule has 1 aromatic heterocycles. The van der Waals surface area contributed by atoms with Crippen LogP contribution in [0.15, 0.2) is 23.7 Å². The van der Waals surface area contributed by atoms with Gasteiger partial charge in [-0.1, -0.05) is 23.2 Å². The quantitative estimate of drug-likeness (QED) is 0.856. The predicted octanol–water partition coefficient (Wildman–Crippen LogP) is 4.85. The molecule has 0 unspecified atom stereocenters. The van der Waals surface area contributed by atoms with Crippen LogP contribution in [0.2, 0.25) is 10.0 Å². The standard InChI is InChI=1S/C13H14Cl2N2OS/c1-8(2)18-12-10(14)5-9(6-11(12)15)7-17-13-16-3-4-19-13/h3-6,8H,7H2,1-2H3,(H,16,17). The third-order valence-electron chi connectivity index (χ3n) is 2.29. The summed E-state index contributed by atoms with van der Waals surface area (Å²) in [6, 6.07) is 3.71. The second kappa shape index (κ2) is 6.46. The molecule has 0 amide bonds. The maximum Gasteiger partial charge on any atom is 0.182 e. The molecule has 1 N–H and O–H groups in total. The van der Waals surface area contributed by atoms with Crippen LogP contribution < -0.4 is 10.1 Å². The molecule has 0 atom stereocenters. The van der Waals surface area contributed by atoms with Gasteiger partial charge in [0.05, 0.1) is 16.1 Å². The summed E-state index contributed by atoms with van der Waals surface area (Å²) in [6.45, 7) is 4.49. The number of hydrogen-bond acceptors (Lipinski definition) is 4. The van der Waals surface area contributed by atoms with Crippen molar-refractivity contribution in [2.45, 2.75) is 26.5 Å². The zero-order chi connectivity index (χ0) is 13.8. The van der Waals surface area contributed by atoms with Crippen LogP contribution in [0.25, 0.3) is 0 Å². The molecule has 0 fully saturated rings. The largest absolute Gasteiger partial charge is 0.488 e.